The number of benzene rings is 8. The summed E-state index contributed by atoms with van der Waals surface area (Å²) in [6.07, 6.45) is 7.44. The third-order valence-corrected chi connectivity index (χ3v) is 12.2. The van der Waals surface area contributed by atoms with Gasteiger partial charge in [0.15, 0.2) is 11.6 Å². The van der Waals surface area contributed by atoms with Crippen molar-refractivity contribution in [2.75, 3.05) is 0 Å². The number of hydrogen-bond acceptors (Lipinski definition) is 3. The Morgan fingerprint density at radius 3 is 1.97 bits per heavy atom. The van der Waals surface area contributed by atoms with Crippen LogP contribution in [0.2, 0.25) is 0 Å². The minimum Gasteiger partial charge on any atom is -0.309 e. The highest BCUT2D eigenvalue weighted by atomic mass is 15.2. The van der Waals surface area contributed by atoms with Gasteiger partial charge in [0.05, 0.1) is 22.1 Å². The monoisotopic (exact) mass is 755 g/mol. The van der Waals surface area contributed by atoms with Crippen LogP contribution in [-0.4, -0.2) is 24.1 Å². The van der Waals surface area contributed by atoms with Crippen LogP contribution in [0.3, 0.4) is 0 Å². The third kappa shape index (κ3) is 5.21. The number of para-hydroxylation sites is 2. The summed E-state index contributed by atoms with van der Waals surface area (Å²) in [6, 6.07) is 61.1. The fourth-order valence-corrected chi connectivity index (χ4v) is 9.45. The molecule has 59 heavy (non-hydrogen) atoms. The second kappa shape index (κ2) is 13.2. The zero-order valence-corrected chi connectivity index (χ0v) is 32.4. The van der Waals surface area contributed by atoms with Crippen LogP contribution in [-0.2, 0) is 0 Å². The first kappa shape index (κ1) is 33.5. The van der Waals surface area contributed by atoms with Crippen molar-refractivity contribution in [1.82, 2.24) is 24.1 Å². The summed E-state index contributed by atoms with van der Waals surface area (Å²) < 4.78 is 4.66. The summed E-state index contributed by atoms with van der Waals surface area (Å²) in [6.45, 7) is 2.25. The van der Waals surface area contributed by atoms with Gasteiger partial charge in [-0.15, -0.1) is 0 Å². The molecule has 5 nitrogen and oxygen atoms in total. The highest BCUT2D eigenvalue weighted by Gasteiger charge is 2.23. The molecule has 0 fully saturated rings. The van der Waals surface area contributed by atoms with Crippen molar-refractivity contribution in [2.45, 2.75) is 13.3 Å². The van der Waals surface area contributed by atoms with Crippen LogP contribution >= 0.6 is 0 Å². The maximum absolute atomic E-state index is 5.31. The molecule has 5 heteroatoms. The van der Waals surface area contributed by atoms with Crippen LogP contribution in [0.4, 0.5) is 0 Å². The van der Waals surface area contributed by atoms with E-state index in [-0.39, 0.29) is 5.92 Å². The molecule has 11 aromatic rings. The topological polar surface area (TPSA) is 48.5 Å². The fraction of sp³-hybridized carbons (Fsp3) is 0.0556. The van der Waals surface area contributed by atoms with E-state index in [1.54, 1.807) is 0 Å². The highest BCUT2D eigenvalue weighted by molar-refractivity contribution is 6.25. The average Bonchev–Trinajstić information content (AvgIpc) is 3.82. The molecule has 0 saturated heterocycles. The molecule has 12 rings (SSSR count). The zero-order chi connectivity index (χ0) is 39.0. The average molecular weight is 756 g/mol. The van der Waals surface area contributed by atoms with Crippen LogP contribution in [0.15, 0.2) is 188 Å². The Bertz CT molecular complexity index is 3540. The SMILES string of the molecule is CC1CC=CC=C1c1nc(-c2ccccc2)nc(-n2c3ccc(-c4cc5c(c6ccccc46)c4ccccc4n5-c4ccccc4)cc3c3c4ccccc4ccc32)n1. The molecular formula is C54H37N5. The predicted octanol–water partition coefficient (Wildman–Crippen LogP) is 13.7. The van der Waals surface area contributed by atoms with Crippen LogP contribution < -0.4 is 0 Å². The lowest BCUT2D eigenvalue weighted by molar-refractivity contribution is 0.744. The summed E-state index contributed by atoms with van der Waals surface area (Å²) in [4.78, 5) is 15.7. The van der Waals surface area contributed by atoms with Gasteiger partial charge < -0.3 is 4.57 Å². The van der Waals surface area contributed by atoms with E-state index in [2.05, 4.69) is 186 Å². The molecular weight excluding hydrogens is 719 g/mol. The number of nitrogens with zero attached hydrogens (tertiary/aromatic N) is 5. The van der Waals surface area contributed by atoms with Crippen molar-refractivity contribution in [1.29, 1.82) is 0 Å². The van der Waals surface area contributed by atoms with Crippen molar-refractivity contribution >= 4 is 70.7 Å². The summed E-state index contributed by atoms with van der Waals surface area (Å²) >= 11 is 0. The van der Waals surface area contributed by atoms with Crippen molar-refractivity contribution in [3.8, 4) is 34.2 Å². The van der Waals surface area contributed by atoms with Crippen LogP contribution in [0.25, 0.3) is 105 Å². The van der Waals surface area contributed by atoms with E-state index in [9.17, 15) is 0 Å². The number of hydrogen-bond donors (Lipinski definition) is 0. The summed E-state index contributed by atoms with van der Waals surface area (Å²) in [5.74, 6) is 2.27. The molecule has 0 saturated carbocycles. The van der Waals surface area contributed by atoms with Crippen molar-refractivity contribution in [3.05, 3.63) is 194 Å². The van der Waals surface area contributed by atoms with Gasteiger partial charge in [0.1, 0.15) is 0 Å². The molecule has 278 valence electrons. The van der Waals surface area contributed by atoms with Gasteiger partial charge in [-0.3, -0.25) is 4.57 Å². The quantitative estimate of drug-likeness (QED) is 0.176. The number of rotatable bonds is 5. The molecule has 3 aromatic heterocycles. The van der Waals surface area contributed by atoms with E-state index in [1.165, 1.54) is 54.3 Å². The Labute approximate surface area is 340 Å². The van der Waals surface area contributed by atoms with Gasteiger partial charge in [0.2, 0.25) is 5.95 Å². The van der Waals surface area contributed by atoms with E-state index in [0.717, 1.165) is 45.2 Å². The molecule has 1 aliphatic rings. The van der Waals surface area contributed by atoms with E-state index >= 15 is 0 Å². The largest absolute Gasteiger partial charge is 0.309 e. The van der Waals surface area contributed by atoms with Crippen molar-refractivity contribution in [2.24, 2.45) is 5.92 Å². The van der Waals surface area contributed by atoms with Crippen molar-refractivity contribution < 1.29 is 0 Å². The smallest absolute Gasteiger partial charge is 0.238 e. The molecule has 3 heterocycles. The maximum Gasteiger partial charge on any atom is 0.238 e. The minimum atomic E-state index is 0.288. The Balaban J connectivity index is 1.16. The van der Waals surface area contributed by atoms with Crippen molar-refractivity contribution in [3.63, 3.8) is 0 Å². The molecule has 0 radical (unpaired) electrons. The predicted molar refractivity (Wildman–Crippen MR) is 245 cm³/mol. The van der Waals surface area contributed by atoms with Gasteiger partial charge in [-0.25, -0.2) is 4.98 Å². The van der Waals surface area contributed by atoms with Crippen LogP contribution in [0, 0.1) is 5.92 Å². The first-order valence-corrected chi connectivity index (χ1v) is 20.4. The molecule has 8 aromatic carbocycles. The van der Waals surface area contributed by atoms with E-state index in [1.807, 2.05) is 18.2 Å². The lowest BCUT2D eigenvalue weighted by Crippen LogP contribution is -2.11. The lowest BCUT2D eigenvalue weighted by atomic mass is 9.93. The van der Waals surface area contributed by atoms with Gasteiger partial charge in [-0.1, -0.05) is 153 Å². The van der Waals surface area contributed by atoms with Gasteiger partial charge in [0, 0.05) is 38.4 Å². The van der Waals surface area contributed by atoms with E-state index in [4.69, 9.17) is 15.0 Å². The lowest BCUT2D eigenvalue weighted by Gasteiger charge is -2.17. The Kier molecular flexibility index (Phi) is 7.51. The first-order chi connectivity index (χ1) is 29.2. The molecule has 0 spiro atoms. The van der Waals surface area contributed by atoms with Gasteiger partial charge >= 0.3 is 0 Å². The molecule has 1 atom stereocenters. The van der Waals surface area contributed by atoms with E-state index < -0.39 is 0 Å². The Morgan fingerprint density at radius 1 is 0.475 bits per heavy atom. The van der Waals surface area contributed by atoms with Crippen LogP contribution in [0.5, 0.6) is 0 Å². The normalized spacial score (nSPS) is 14.3. The Morgan fingerprint density at radius 2 is 1.14 bits per heavy atom. The standard InChI is InChI=1S/C54H37N5/c1-34-16-8-10-22-39(34)53-55-52(36-18-4-2-5-19-36)56-54(57-53)59-47-30-29-37(32-45(47)50-40-23-11-9-17-35(40)28-31-48(50)59)44-33-49-51(42-25-13-12-24-41(42)44)43-26-14-15-27-46(43)58(49)38-20-6-3-7-21-38/h2-15,17-34H,16H2,1H3. The summed E-state index contributed by atoms with van der Waals surface area (Å²) in [5.41, 5.74) is 10.1. The maximum atomic E-state index is 5.31. The number of aromatic nitrogens is 5. The molecule has 0 bridgehead atoms. The molecule has 0 aliphatic heterocycles. The Hall–Kier alpha value is -7.63. The molecule has 0 amide bonds. The second-order valence-electron chi connectivity index (χ2n) is 15.6. The molecule has 1 aliphatic carbocycles. The summed E-state index contributed by atoms with van der Waals surface area (Å²) in [5, 5.41) is 9.71. The van der Waals surface area contributed by atoms with Gasteiger partial charge in [0.25, 0.3) is 0 Å². The third-order valence-electron chi connectivity index (χ3n) is 12.2. The molecule has 1 unspecified atom stereocenters. The fourth-order valence-electron chi connectivity index (χ4n) is 9.45. The van der Waals surface area contributed by atoms with Gasteiger partial charge in [-0.2, -0.15) is 9.97 Å². The zero-order valence-electron chi connectivity index (χ0n) is 32.4. The minimum absolute atomic E-state index is 0.288. The first-order valence-electron chi connectivity index (χ1n) is 20.4. The van der Waals surface area contributed by atoms with Gasteiger partial charge in [-0.05, 0) is 87.5 Å². The number of fused-ring (bicyclic) bond motifs is 10. The summed E-state index contributed by atoms with van der Waals surface area (Å²) in [7, 11) is 0. The highest BCUT2D eigenvalue weighted by Crippen LogP contribution is 2.44. The van der Waals surface area contributed by atoms with Crippen LogP contribution in [0.1, 0.15) is 19.2 Å². The number of allylic oxidation sites excluding steroid dienone is 4. The van der Waals surface area contributed by atoms with E-state index in [0.29, 0.717) is 17.6 Å². The molecule has 0 N–H and O–H groups in total. The second-order valence-corrected chi connectivity index (χ2v) is 15.6.